The second-order valence-corrected chi connectivity index (χ2v) is 5.26. The number of rotatable bonds is 3. The van der Waals surface area contributed by atoms with Gasteiger partial charge in [-0.25, -0.2) is 4.68 Å². The van der Waals surface area contributed by atoms with Crippen LogP contribution in [0.3, 0.4) is 0 Å². The summed E-state index contributed by atoms with van der Waals surface area (Å²) in [6, 6.07) is 11.4. The number of amides is 1. The minimum Gasteiger partial charge on any atom is -0.319 e. The Balaban J connectivity index is 2.01. The number of halogens is 1. The number of hydrogen-bond acceptors (Lipinski definition) is 3. The second-order valence-electron chi connectivity index (χ2n) is 4.85. The van der Waals surface area contributed by atoms with Gasteiger partial charge >= 0.3 is 0 Å². The number of nitrogens with one attached hydrogen (secondary N) is 1. The average molecular weight is 329 g/mol. The molecule has 23 heavy (non-hydrogen) atoms. The Morgan fingerprint density at radius 2 is 1.96 bits per heavy atom. The maximum Gasteiger partial charge on any atom is 0.272 e. The van der Waals surface area contributed by atoms with Crippen molar-refractivity contribution in [2.45, 2.75) is 0 Å². The lowest BCUT2D eigenvalue weighted by molar-refractivity contribution is 0.101. The van der Waals surface area contributed by atoms with E-state index in [1.54, 1.807) is 60.5 Å². The maximum absolute atomic E-state index is 12.5. The molecule has 0 atom stereocenters. The van der Waals surface area contributed by atoms with Crippen molar-refractivity contribution in [3.63, 3.8) is 0 Å². The molecule has 0 fully saturated rings. The summed E-state index contributed by atoms with van der Waals surface area (Å²) >= 11 is 6.24. The Hall–Kier alpha value is -2.86. The highest BCUT2D eigenvalue weighted by Gasteiger charge is 2.15. The molecule has 1 aromatic carbocycles. The third-order valence-corrected chi connectivity index (χ3v) is 3.69. The van der Waals surface area contributed by atoms with E-state index >= 15 is 0 Å². The Bertz CT molecular complexity index is 916. The van der Waals surface area contributed by atoms with Crippen LogP contribution in [0.15, 0.2) is 59.7 Å². The molecule has 3 rings (SSSR count). The van der Waals surface area contributed by atoms with Crippen LogP contribution in [0, 0.1) is 0 Å². The summed E-state index contributed by atoms with van der Waals surface area (Å²) < 4.78 is 2.86. The molecule has 2 aromatic heterocycles. The van der Waals surface area contributed by atoms with E-state index in [0.29, 0.717) is 16.4 Å². The number of carbonyl (C=O) groups is 1. The summed E-state index contributed by atoms with van der Waals surface area (Å²) in [6.45, 7) is 0. The molecule has 2 heterocycles. The topological polar surface area (TPSA) is 68.9 Å². The van der Waals surface area contributed by atoms with Crippen LogP contribution in [0.5, 0.6) is 0 Å². The number of benzene rings is 1. The number of hydrogen-bond donors (Lipinski definition) is 1. The predicted molar refractivity (Wildman–Crippen MR) is 88.2 cm³/mol. The summed E-state index contributed by atoms with van der Waals surface area (Å²) in [6.07, 6.45) is 3.35. The van der Waals surface area contributed by atoms with Gasteiger partial charge in [0.15, 0.2) is 0 Å². The molecule has 0 spiro atoms. The van der Waals surface area contributed by atoms with Gasteiger partial charge in [0.05, 0.1) is 10.7 Å². The quantitative estimate of drug-likeness (QED) is 0.803. The van der Waals surface area contributed by atoms with Crippen LogP contribution < -0.4 is 10.9 Å². The van der Waals surface area contributed by atoms with Gasteiger partial charge in [0.1, 0.15) is 11.4 Å². The summed E-state index contributed by atoms with van der Waals surface area (Å²) in [4.78, 5) is 24.1. The number of carbonyl (C=O) groups excluding carboxylic acids is 1. The third-order valence-electron chi connectivity index (χ3n) is 3.39. The molecule has 7 heteroatoms. The van der Waals surface area contributed by atoms with Crippen LogP contribution in [-0.2, 0) is 7.05 Å². The Labute approximate surface area is 136 Å². The largest absolute Gasteiger partial charge is 0.319 e. The van der Waals surface area contributed by atoms with E-state index in [1.807, 2.05) is 0 Å². The minimum atomic E-state index is -0.402. The number of pyridine rings is 1. The highest BCUT2D eigenvalue weighted by Crippen LogP contribution is 2.28. The fourth-order valence-electron chi connectivity index (χ4n) is 2.23. The fourth-order valence-corrected chi connectivity index (χ4v) is 2.49. The third kappa shape index (κ3) is 2.89. The molecule has 0 aliphatic rings. The van der Waals surface area contributed by atoms with Gasteiger partial charge in [0, 0.05) is 25.5 Å². The van der Waals surface area contributed by atoms with Crippen molar-refractivity contribution in [1.82, 2.24) is 14.3 Å². The molecule has 0 radical (unpaired) electrons. The van der Waals surface area contributed by atoms with Crippen molar-refractivity contribution in [2.75, 3.05) is 5.32 Å². The first-order valence-corrected chi connectivity index (χ1v) is 7.21. The van der Waals surface area contributed by atoms with E-state index in [-0.39, 0.29) is 11.3 Å². The molecule has 6 nitrogen and oxygen atoms in total. The van der Waals surface area contributed by atoms with Gasteiger partial charge in [0.2, 0.25) is 0 Å². The minimum absolute atomic E-state index is 0.254. The smallest absolute Gasteiger partial charge is 0.272 e. The molecule has 0 aliphatic heterocycles. The lowest BCUT2D eigenvalue weighted by Crippen LogP contribution is -2.25. The summed E-state index contributed by atoms with van der Waals surface area (Å²) in [5.74, 6) is -0.402. The van der Waals surface area contributed by atoms with Crippen LogP contribution in [0.4, 0.5) is 5.69 Å². The monoisotopic (exact) mass is 328 g/mol. The van der Waals surface area contributed by atoms with Gasteiger partial charge in [-0.2, -0.15) is 5.10 Å². The number of anilines is 1. The van der Waals surface area contributed by atoms with Gasteiger partial charge in [0.25, 0.3) is 11.5 Å². The molecule has 0 bridgehead atoms. The summed E-state index contributed by atoms with van der Waals surface area (Å²) in [5.41, 5.74) is 1.07. The summed E-state index contributed by atoms with van der Waals surface area (Å²) in [7, 11) is 1.55. The van der Waals surface area contributed by atoms with Crippen LogP contribution >= 0.6 is 11.6 Å². The molecule has 0 unspecified atom stereocenters. The van der Waals surface area contributed by atoms with Gasteiger partial charge in [-0.1, -0.05) is 23.7 Å². The first-order valence-electron chi connectivity index (χ1n) is 6.84. The Kier molecular flexibility index (Phi) is 3.99. The van der Waals surface area contributed by atoms with E-state index in [1.165, 1.54) is 10.6 Å². The molecule has 0 aliphatic carbocycles. The van der Waals surface area contributed by atoms with E-state index in [2.05, 4.69) is 10.4 Å². The van der Waals surface area contributed by atoms with Crippen molar-refractivity contribution >= 4 is 23.2 Å². The molecular formula is C16H13ClN4O2. The Morgan fingerprint density at radius 3 is 2.70 bits per heavy atom. The predicted octanol–water partition coefficient (Wildman–Crippen LogP) is 2.48. The van der Waals surface area contributed by atoms with E-state index < -0.39 is 5.91 Å². The van der Waals surface area contributed by atoms with Crippen LogP contribution in [0.25, 0.3) is 5.69 Å². The summed E-state index contributed by atoms with van der Waals surface area (Å²) in [5, 5.41) is 7.38. The molecule has 0 saturated heterocycles. The van der Waals surface area contributed by atoms with Gasteiger partial charge < -0.3 is 9.88 Å². The Morgan fingerprint density at radius 1 is 1.17 bits per heavy atom. The molecule has 0 saturated carbocycles. The van der Waals surface area contributed by atoms with Crippen molar-refractivity contribution in [3.05, 3.63) is 75.9 Å². The van der Waals surface area contributed by atoms with Crippen LogP contribution in [0.1, 0.15) is 10.5 Å². The fraction of sp³-hybridized carbons (Fsp3) is 0.0625. The van der Waals surface area contributed by atoms with E-state index in [0.717, 1.165) is 0 Å². The average Bonchev–Trinajstić information content (AvgIpc) is 3.04. The first kappa shape index (κ1) is 15.1. The molecular weight excluding hydrogens is 316 g/mol. The zero-order valence-electron chi connectivity index (χ0n) is 12.2. The zero-order valence-corrected chi connectivity index (χ0v) is 13.0. The zero-order chi connectivity index (χ0) is 16.4. The normalized spacial score (nSPS) is 10.5. The molecule has 3 aromatic rings. The SMILES string of the molecule is Cn1c(C(=O)Nc2cccc(Cl)c2-n2cccn2)cccc1=O. The van der Waals surface area contributed by atoms with Gasteiger partial charge in [-0.05, 0) is 24.3 Å². The highest BCUT2D eigenvalue weighted by atomic mass is 35.5. The van der Waals surface area contributed by atoms with E-state index in [4.69, 9.17) is 11.6 Å². The highest BCUT2D eigenvalue weighted by molar-refractivity contribution is 6.33. The molecule has 1 amide bonds. The first-order chi connectivity index (χ1) is 11.1. The standard InChI is InChI=1S/C16H13ClN4O2/c1-20-13(7-3-8-14(20)22)16(23)19-12-6-2-5-11(17)15(12)21-10-4-9-18-21/h2-10H,1H3,(H,19,23). The van der Waals surface area contributed by atoms with Crippen LogP contribution in [-0.4, -0.2) is 20.3 Å². The van der Waals surface area contributed by atoms with Crippen LogP contribution in [0.2, 0.25) is 5.02 Å². The lowest BCUT2D eigenvalue weighted by Gasteiger charge is -2.13. The van der Waals surface area contributed by atoms with Crippen molar-refractivity contribution in [2.24, 2.45) is 7.05 Å². The maximum atomic E-state index is 12.5. The molecule has 1 N–H and O–H groups in total. The number of para-hydroxylation sites is 1. The number of aromatic nitrogens is 3. The molecule has 116 valence electrons. The van der Waals surface area contributed by atoms with E-state index in [9.17, 15) is 9.59 Å². The number of nitrogens with zero attached hydrogens (tertiary/aromatic N) is 3. The van der Waals surface area contributed by atoms with Gasteiger partial charge in [-0.15, -0.1) is 0 Å². The van der Waals surface area contributed by atoms with Crippen molar-refractivity contribution in [3.8, 4) is 5.69 Å². The van der Waals surface area contributed by atoms with Crippen molar-refractivity contribution < 1.29 is 4.79 Å². The lowest BCUT2D eigenvalue weighted by atomic mass is 10.2. The van der Waals surface area contributed by atoms with Crippen molar-refractivity contribution in [1.29, 1.82) is 0 Å². The second kappa shape index (κ2) is 6.10. The van der Waals surface area contributed by atoms with Gasteiger partial charge in [-0.3, -0.25) is 9.59 Å².